The van der Waals surface area contributed by atoms with E-state index in [0.29, 0.717) is 22.6 Å². The van der Waals surface area contributed by atoms with Gasteiger partial charge >= 0.3 is 0 Å². The first-order chi connectivity index (χ1) is 16.1. The van der Waals surface area contributed by atoms with Crippen molar-refractivity contribution in [1.29, 1.82) is 0 Å². The smallest absolute Gasteiger partial charge is 0.282 e. The van der Waals surface area contributed by atoms with E-state index >= 15 is 0 Å². The minimum atomic E-state index is -0.374. The van der Waals surface area contributed by atoms with Crippen LogP contribution in [0, 0.1) is 13.8 Å². The van der Waals surface area contributed by atoms with Crippen molar-refractivity contribution in [1.82, 2.24) is 0 Å². The predicted octanol–water partition coefficient (Wildman–Crippen LogP) is 6.01. The zero-order valence-corrected chi connectivity index (χ0v) is 20.5. The second-order valence-electron chi connectivity index (χ2n) is 9.72. The number of nitrogens with zero attached hydrogens (tertiary/aromatic N) is 1. The number of carbonyl (C=O) groups is 2. The standard InChI is InChI=1S/C29H30N2O3/c1-18-15-19(2)17-23(16-18)31-27(32)25(20-7-13-24(34-6)14-8-20)26(28(31)33)30-22-11-9-21(10-12-22)29(3,4)5/h7-17,30H,1-6H3. The Hall–Kier alpha value is -3.86. The van der Waals surface area contributed by atoms with Crippen molar-refractivity contribution in [2.45, 2.75) is 40.0 Å². The van der Waals surface area contributed by atoms with Crippen molar-refractivity contribution in [2.75, 3.05) is 17.3 Å². The molecule has 0 saturated heterocycles. The fourth-order valence-electron chi connectivity index (χ4n) is 4.18. The first-order valence-electron chi connectivity index (χ1n) is 11.3. The molecule has 2 amide bonds. The molecule has 0 radical (unpaired) electrons. The van der Waals surface area contributed by atoms with E-state index in [1.54, 1.807) is 31.4 Å². The summed E-state index contributed by atoms with van der Waals surface area (Å²) in [6.07, 6.45) is 0. The Kier molecular flexibility index (Phi) is 6.05. The maximum Gasteiger partial charge on any atom is 0.282 e. The first-order valence-corrected chi connectivity index (χ1v) is 11.3. The molecule has 3 aromatic carbocycles. The lowest BCUT2D eigenvalue weighted by atomic mass is 9.87. The van der Waals surface area contributed by atoms with Gasteiger partial charge in [0, 0.05) is 5.69 Å². The van der Waals surface area contributed by atoms with Gasteiger partial charge in [-0.15, -0.1) is 0 Å². The number of imide groups is 1. The fourth-order valence-corrected chi connectivity index (χ4v) is 4.18. The number of ether oxygens (including phenoxy) is 1. The topological polar surface area (TPSA) is 58.6 Å². The largest absolute Gasteiger partial charge is 0.497 e. The van der Waals surface area contributed by atoms with E-state index < -0.39 is 0 Å². The highest BCUT2D eigenvalue weighted by Gasteiger charge is 2.40. The van der Waals surface area contributed by atoms with E-state index in [4.69, 9.17) is 4.74 Å². The van der Waals surface area contributed by atoms with Crippen LogP contribution in [0.2, 0.25) is 0 Å². The van der Waals surface area contributed by atoms with Gasteiger partial charge in [0.1, 0.15) is 11.4 Å². The molecule has 3 aromatic rings. The molecule has 1 heterocycles. The molecular weight excluding hydrogens is 424 g/mol. The fraction of sp³-hybridized carbons (Fsp3) is 0.241. The number of amides is 2. The van der Waals surface area contributed by atoms with Gasteiger partial charge in [-0.2, -0.15) is 0 Å². The molecule has 0 unspecified atom stereocenters. The van der Waals surface area contributed by atoms with Gasteiger partial charge in [-0.3, -0.25) is 9.59 Å². The van der Waals surface area contributed by atoms with Crippen LogP contribution >= 0.6 is 0 Å². The number of aryl methyl sites for hydroxylation is 2. The molecule has 1 N–H and O–H groups in total. The van der Waals surface area contributed by atoms with Gasteiger partial charge in [0.2, 0.25) is 0 Å². The van der Waals surface area contributed by atoms with Gasteiger partial charge in [-0.1, -0.05) is 51.1 Å². The number of rotatable bonds is 5. The molecule has 5 nitrogen and oxygen atoms in total. The average Bonchev–Trinajstić information content (AvgIpc) is 3.02. The highest BCUT2D eigenvalue weighted by Crippen LogP contribution is 2.35. The Morgan fingerprint density at radius 3 is 1.91 bits per heavy atom. The molecule has 4 rings (SSSR count). The molecule has 0 bridgehead atoms. The third kappa shape index (κ3) is 4.46. The monoisotopic (exact) mass is 454 g/mol. The lowest BCUT2D eigenvalue weighted by molar-refractivity contribution is -0.120. The Bertz CT molecular complexity index is 1260. The highest BCUT2D eigenvalue weighted by molar-refractivity contribution is 6.46. The Balaban J connectivity index is 1.79. The van der Waals surface area contributed by atoms with Crippen molar-refractivity contribution < 1.29 is 14.3 Å². The predicted molar refractivity (Wildman–Crippen MR) is 137 cm³/mol. The number of anilines is 2. The SMILES string of the molecule is COc1ccc(C2=C(Nc3ccc(C(C)(C)C)cc3)C(=O)N(c3cc(C)cc(C)c3)C2=O)cc1. The zero-order valence-electron chi connectivity index (χ0n) is 20.5. The van der Waals surface area contributed by atoms with Gasteiger partial charge in [0.15, 0.2) is 0 Å². The molecule has 0 fully saturated rings. The van der Waals surface area contributed by atoms with E-state index in [1.807, 2.05) is 56.3 Å². The molecule has 0 atom stereocenters. The third-order valence-corrected chi connectivity index (χ3v) is 5.95. The second kappa shape index (κ2) is 8.82. The first kappa shape index (κ1) is 23.3. The van der Waals surface area contributed by atoms with Crippen molar-refractivity contribution in [2.24, 2.45) is 0 Å². The summed E-state index contributed by atoms with van der Waals surface area (Å²) in [4.78, 5) is 28.5. The second-order valence-corrected chi connectivity index (χ2v) is 9.72. The number of nitrogens with one attached hydrogen (secondary N) is 1. The lowest BCUT2D eigenvalue weighted by Crippen LogP contribution is -2.32. The number of carbonyl (C=O) groups excluding carboxylic acids is 2. The van der Waals surface area contributed by atoms with Crippen LogP contribution < -0.4 is 15.0 Å². The summed E-state index contributed by atoms with van der Waals surface area (Å²) in [6.45, 7) is 10.4. The van der Waals surface area contributed by atoms with Crippen LogP contribution in [-0.4, -0.2) is 18.9 Å². The zero-order chi connectivity index (χ0) is 24.6. The highest BCUT2D eigenvalue weighted by atomic mass is 16.5. The van der Waals surface area contributed by atoms with E-state index in [0.717, 1.165) is 16.8 Å². The molecular formula is C29H30N2O3. The van der Waals surface area contributed by atoms with Crippen LogP contribution in [0.4, 0.5) is 11.4 Å². The van der Waals surface area contributed by atoms with E-state index in [9.17, 15) is 9.59 Å². The molecule has 0 spiro atoms. The van der Waals surface area contributed by atoms with E-state index in [-0.39, 0.29) is 22.9 Å². The Labute approximate surface area is 201 Å². The summed E-state index contributed by atoms with van der Waals surface area (Å²) < 4.78 is 5.26. The quantitative estimate of drug-likeness (QED) is 0.480. The summed E-state index contributed by atoms with van der Waals surface area (Å²) in [5.41, 5.74) is 5.75. The van der Waals surface area contributed by atoms with Crippen LogP contribution in [0.5, 0.6) is 5.75 Å². The van der Waals surface area contributed by atoms with Gasteiger partial charge < -0.3 is 10.1 Å². The third-order valence-electron chi connectivity index (χ3n) is 5.95. The molecule has 5 heteroatoms. The van der Waals surface area contributed by atoms with Gasteiger partial charge in [0.25, 0.3) is 11.8 Å². The molecule has 0 aliphatic carbocycles. The Morgan fingerprint density at radius 1 is 0.794 bits per heavy atom. The molecule has 0 aromatic heterocycles. The molecule has 174 valence electrons. The number of methoxy groups -OCH3 is 1. The maximum absolute atomic E-state index is 13.7. The molecule has 34 heavy (non-hydrogen) atoms. The Morgan fingerprint density at radius 2 is 1.38 bits per heavy atom. The maximum atomic E-state index is 13.7. The van der Waals surface area contributed by atoms with Crippen molar-refractivity contribution >= 4 is 28.8 Å². The van der Waals surface area contributed by atoms with Crippen LogP contribution in [0.1, 0.15) is 43.0 Å². The van der Waals surface area contributed by atoms with E-state index in [2.05, 4.69) is 26.1 Å². The van der Waals surface area contributed by atoms with Crippen LogP contribution in [-0.2, 0) is 15.0 Å². The van der Waals surface area contributed by atoms with Gasteiger partial charge in [0.05, 0.1) is 18.4 Å². The normalized spacial score (nSPS) is 14.1. The van der Waals surface area contributed by atoms with Crippen LogP contribution in [0.15, 0.2) is 72.4 Å². The summed E-state index contributed by atoms with van der Waals surface area (Å²) >= 11 is 0. The molecule has 1 aliphatic heterocycles. The number of benzene rings is 3. The number of hydrogen-bond donors (Lipinski definition) is 1. The van der Waals surface area contributed by atoms with Crippen molar-refractivity contribution in [3.8, 4) is 5.75 Å². The minimum absolute atomic E-state index is 0.0189. The van der Waals surface area contributed by atoms with Crippen LogP contribution in [0.3, 0.4) is 0 Å². The summed E-state index contributed by atoms with van der Waals surface area (Å²) in [5.74, 6) is -0.0470. The van der Waals surface area contributed by atoms with Gasteiger partial charge in [-0.05, 0) is 77.9 Å². The van der Waals surface area contributed by atoms with E-state index in [1.165, 1.54) is 10.5 Å². The summed E-state index contributed by atoms with van der Waals surface area (Å²) in [6, 6.07) is 20.9. The van der Waals surface area contributed by atoms with Gasteiger partial charge in [-0.25, -0.2) is 4.90 Å². The van der Waals surface area contributed by atoms with Crippen molar-refractivity contribution in [3.05, 3.63) is 94.7 Å². The number of hydrogen-bond acceptors (Lipinski definition) is 4. The molecule has 1 aliphatic rings. The molecule has 0 saturated carbocycles. The lowest BCUT2D eigenvalue weighted by Gasteiger charge is -2.19. The van der Waals surface area contributed by atoms with Crippen molar-refractivity contribution in [3.63, 3.8) is 0 Å². The summed E-state index contributed by atoms with van der Waals surface area (Å²) in [5, 5.41) is 3.24. The summed E-state index contributed by atoms with van der Waals surface area (Å²) in [7, 11) is 1.59. The minimum Gasteiger partial charge on any atom is -0.497 e. The van der Waals surface area contributed by atoms with Crippen LogP contribution in [0.25, 0.3) is 5.57 Å². The average molecular weight is 455 g/mol.